The summed E-state index contributed by atoms with van der Waals surface area (Å²) in [5.74, 6) is 1.24. The predicted octanol–water partition coefficient (Wildman–Crippen LogP) is 3.27. The molecule has 2 aromatic rings. The first-order valence-corrected chi connectivity index (χ1v) is 10.8. The maximum atomic E-state index is 12.7. The van der Waals surface area contributed by atoms with Gasteiger partial charge in [0.2, 0.25) is 5.91 Å². The van der Waals surface area contributed by atoms with Crippen LogP contribution in [0.4, 0.5) is 5.69 Å². The van der Waals surface area contributed by atoms with Crippen molar-refractivity contribution in [3.05, 3.63) is 59.7 Å². The number of hydrogen-bond donors (Lipinski definition) is 3. The summed E-state index contributed by atoms with van der Waals surface area (Å²) in [5.41, 5.74) is 2.95. The summed E-state index contributed by atoms with van der Waals surface area (Å²) in [6.07, 6.45) is 0.267. The van der Waals surface area contributed by atoms with Crippen LogP contribution in [0.2, 0.25) is 0 Å². The number of para-hydroxylation sites is 1. The molecular formula is C24H33IN4O3. The van der Waals surface area contributed by atoms with Crippen LogP contribution in [-0.4, -0.2) is 49.3 Å². The number of anilines is 1. The molecule has 1 amide bonds. The van der Waals surface area contributed by atoms with Gasteiger partial charge < -0.3 is 25.4 Å². The number of amides is 1. The van der Waals surface area contributed by atoms with E-state index in [0.717, 1.165) is 23.4 Å². The number of benzene rings is 2. The maximum Gasteiger partial charge on any atom is 0.248 e. The lowest BCUT2D eigenvalue weighted by molar-refractivity contribution is -0.117. The van der Waals surface area contributed by atoms with Crippen molar-refractivity contribution in [3.8, 4) is 5.75 Å². The highest BCUT2D eigenvalue weighted by Crippen LogP contribution is 2.27. The number of aliphatic hydroxyl groups excluding tert-OH is 1. The van der Waals surface area contributed by atoms with E-state index in [-0.39, 0.29) is 49.1 Å². The number of guanidine groups is 1. The minimum atomic E-state index is -0.710. The van der Waals surface area contributed by atoms with E-state index in [9.17, 15) is 9.90 Å². The molecule has 7 nitrogen and oxygen atoms in total. The Kier molecular flexibility index (Phi) is 10.2. The fourth-order valence-corrected chi connectivity index (χ4v) is 3.52. The molecule has 174 valence electrons. The SMILES string of the molecule is CCNC(=NCC(=O)N1CCc2ccccc21)NCC(O)c1ccc(OC(C)C)cc1.I. The van der Waals surface area contributed by atoms with Crippen LogP contribution < -0.4 is 20.3 Å². The molecule has 32 heavy (non-hydrogen) atoms. The molecule has 0 aliphatic carbocycles. The van der Waals surface area contributed by atoms with E-state index in [2.05, 4.69) is 21.7 Å². The second kappa shape index (κ2) is 12.6. The number of carbonyl (C=O) groups is 1. The molecule has 0 bridgehead atoms. The van der Waals surface area contributed by atoms with E-state index in [1.165, 1.54) is 5.56 Å². The average Bonchev–Trinajstić information content (AvgIpc) is 3.19. The van der Waals surface area contributed by atoms with Gasteiger partial charge in [0.1, 0.15) is 12.3 Å². The van der Waals surface area contributed by atoms with Crippen molar-refractivity contribution in [3.63, 3.8) is 0 Å². The molecule has 0 fully saturated rings. The summed E-state index contributed by atoms with van der Waals surface area (Å²) in [4.78, 5) is 18.9. The second-order valence-electron chi connectivity index (χ2n) is 7.75. The molecule has 1 atom stereocenters. The highest BCUT2D eigenvalue weighted by molar-refractivity contribution is 14.0. The Labute approximate surface area is 207 Å². The molecule has 1 heterocycles. The average molecular weight is 552 g/mol. The number of aliphatic hydroxyl groups is 1. The molecule has 0 radical (unpaired) electrons. The monoisotopic (exact) mass is 552 g/mol. The van der Waals surface area contributed by atoms with Gasteiger partial charge in [0.05, 0.1) is 12.2 Å². The van der Waals surface area contributed by atoms with Gasteiger partial charge in [-0.05, 0) is 56.5 Å². The van der Waals surface area contributed by atoms with Crippen LogP contribution >= 0.6 is 24.0 Å². The van der Waals surface area contributed by atoms with E-state index in [4.69, 9.17) is 4.74 Å². The molecule has 1 aliphatic heterocycles. The summed E-state index contributed by atoms with van der Waals surface area (Å²) in [6, 6.07) is 15.4. The number of aliphatic imine (C=N–C) groups is 1. The van der Waals surface area contributed by atoms with Crippen molar-refractivity contribution in [2.45, 2.75) is 39.4 Å². The Bertz CT molecular complexity index is 902. The Morgan fingerprint density at radius 2 is 1.88 bits per heavy atom. The van der Waals surface area contributed by atoms with Gasteiger partial charge in [-0.25, -0.2) is 4.99 Å². The van der Waals surface area contributed by atoms with Gasteiger partial charge in [-0.15, -0.1) is 24.0 Å². The van der Waals surface area contributed by atoms with Gasteiger partial charge in [-0.2, -0.15) is 0 Å². The number of ether oxygens (including phenoxy) is 1. The standard InChI is InChI=1S/C24H32N4O3.HI/c1-4-25-24(26-15-22(29)19-9-11-20(12-10-19)31-17(2)3)27-16-23(30)28-14-13-18-7-5-6-8-21(18)28;/h5-12,17,22,29H,4,13-16H2,1-3H3,(H2,25,26,27);1H. The van der Waals surface area contributed by atoms with Gasteiger partial charge >= 0.3 is 0 Å². The Morgan fingerprint density at radius 1 is 1.16 bits per heavy atom. The maximum absolute atomic E-state index is 12.7. The lowest BCUT2D eigenvalue weighted by atomic mass is 10.1. The van der Waals surface area contributed by atoms with E-state index in [0.29, 0.717) is 19.0 Å². The zero-order chi connectivity index (χ0) is 22.2. The number of fused-ring (bicyclic) bond motifs is 1. The van der Waals surface area contributed by atoms with Gasteiger partial charge in [0.15, 0.2) is 5.96 Å². The van der Waals surface area contributed by atoms with Crippen molar-refractivity contribution in [2.75, 3.05) is 31.1 Å². The molecule has 3 rings (SSSR count). The third-order valence-corrected chi connectivity index (χ3v) is 5.00. The van der Waals surface area contributed by atoms with Gasteiger partial charge in [-0.3, -0.25) is 4.79 Å². The Hall–Kier alpha value is -2.33. The number of carbonyl (C=O) groups excluding carboxylic acids is 1. The zero-order valence-corrected chi connectivity index (χ0v) is 21.2. The van der Waals surface area contributed by atoms with Crippen LogP contribution in [0.1, 0.15) is 38.0 Å². The molecule has 0 saturated heterocycles. The second-order valence-corrected chi connectivity index (χ2v) is 7.75. The predicted molar refractivity (Wildman–Crippen MR) is 139 cm³/mol. The third kappa shape index (κ3) is 7.09. The third-order valence-electron chi connectivity index (χ3n) is 5.00. The van der Waals surface area contributed by atoms with E-state index >= 15 is 0 Å². The molecule has 1 unspecified atom stereocenters. The molecule has 2 aromatic carbocycles. The summed E-state index contributed by atoms with van der Waals surface area (Å²) in [5, 5.41) is 16.7. The fourth-order valence-electron chi connectivity index (χ4n) is 3.52. The topological polar surface area (TPSA) is 86.2 Å². The first kappa shape index (κ1) is 25.9. The zero-order valence-electron chi connectivity index (χ0n) is 18.9. The minimum Gasteiger partial charge on any atom is -0.491 e. The summed E-state index contributed by atoms with van der Waals surface area (Å²) in [6.45, 7) is 7.57. The van der Waals surface area contributed by atoms with Crippen LogP contribution in [0.25, 0.3) is 0 Å². The number of nitrogens with zero attached hydrogens (tertiary/aromatic N) is 2. The quantitative estimate of drug-likeness (QED) is 0.266. The molecule has 1 aliphatic rings. The van der Waals surface area contributed by atoms with Crippen LogP contribution in [0.5, 0.6) is 5.75 Å². The smallest absolute Gasteiger partial charge is 0.248 e. The first-order valence-electron chi connectivity index (χ1n) is 10.8. The minimum absolute atomic E-state index is 0. The summed E-state index contributed by atoms with van der Waals surface area (Å²) < 4.78 is 5.64. The Morgan fingerprint density at radius 3 is 2.56 bits per heavy atom. The van der Waals surface area contributed by atoms with Crippen LogP contribution in [-0.2, 0) is 11.2 Å². The highest BCUT2D eigenvalue weighted by Gasteiger charge is 2.23. The molecule has 3 N–H and O–H groups in total. The molecule has 0 aromatic heterocycles. The number of rotatable bonds is 8. The molecule has 0 saturated carbocycles. The van der Waals surface area contributed by atoms with Crippen molar-refractivity contribution in [2.24, 2.45) is 4.99 Å². The summed E-state index contributed by atoms with van der Waals surface area (Å²) in [7, 11) is 0. The van der Waals surface area contributed by atoms with Crippen molar-refractivity contribution in [1.82, 2.24) is 10.6 Å². The van der Waals surface area contributed by atoms with E-state index < -0.39 is 6.10 Å². The lowest BCUT2D eigenvalue weighted by Crippen LogP contribution is -2.40. The van der Waals surface area contributed by atoms with Crippen LogP contribution in [0.3, 0.4) is 0 Å². The number of hydrogen-bond acceptors (Lipinski definition) is 4. The summed E-state index contributed by atoms with van der Waals surface area (Å²) >= 11 is 0. The normalized spacial score (nSPS) is 13.9. The van der Waals surface area contributed by atoms with Crippen molar-refractivity contribution in [1.29, 1.82) is 0 Å². The lowest BCUT2D eigenvalue weighted by Gasteiger charge is -2.18. The van der Waals surface area contributed by atoms with Gasteiger partial charge in [0.25, 0.3) is 0 Å². The molecular weight excluding hydrogens is 519 g/mol. The largest absolute Gasteiger partial charge is 0.491 e. The van der Waals surface area contributed by atoms with Crippen molar-refractivity contribution < 1.29 is 14.6 Å². The van der Waals surface area contributed by atoms with Gasteiger partial charge in [0, 0.05) is 25.3 Å². The fraction of sp³-hybridized carbons (Fsp3) is 0.417. The highest BCUT2D eigenvalue weighted by atomic mass is 127. The number of nitrogens with one attached hydrogen (secondary N) is 2. The van der Waals surface area contributed by atoms with E-state index in [1.807, 2.05) is 63.2 Å². The van der Waals surface area contributed by atoms with Gasteiger partial charge in [-0.1, -0.05) is 30.3 Å². The van der Waals surface area contributed by atoms with Crippen LogP contribution in [0, 0.1) is 0 Å². The van der Waals surface area contributed by atoms with Crippen LogP contribution in [0.15, 0.2) is 53.5 Å². The Balaban J connectivity index is 0.00000363. The van der Waals surface area contributed by atoms with Crippen molar-refractivity contribution >= 4 is 41.5 Å². The van der Waals surface area contributed by atoms with E-state index in [1.54, 1.807) is 4.90 Å². The first-order chi connectivity index (χ1) is 15.0. The molecule has 8 heteroatoms. The molecule has 0 spiro atoms. The number of halogens is 1.